The molecule has 122 valence electrons. The molecule has 0 radical (unpaired) electrons. The molecule has 0 unspecified atom stereocenters. The van der Waals surface area contributed by atoms with Crippen LogP contribution in [0.3, 0.4) is 0 Å². The van der Waals surface area contributed by atoms with Crippen molar-refractivity contribution >= 4 is 35.0 Å². The van der Waals surface area contributed by atoms with E-state index in [0.717, 1.165) is 5.56 Å². The van der Waals surface area contributed by atoms with Gasteiger partial charge in [-0.2, -0.15) is 0 Å². The minimum absolute atomic E-state index is 0.222. The van der Waals surface area contributed by atoms with Crippen LogP contribution in [0.1, 0.15) is 22.3 Å². The Labute approximate surface area is 144 Å². The molecule has 2 N–H and O–H groups in total. The van der Waals surface area contributed by atoms with Crippen LogP contribution in [0.25, 0.3) is 0 Å². The molecule has 1 saturated heterocycles. The summed E-state index contributed by atoms with van der Waals surface area (Å²) in [4.78, 5) is 34.9. The molecule has 1 fully saturated rings. The number of anilines is 1. The fourth-order valence-corrected chi connectivity index (χ4v) is 2.71. The second kappa shape index (κ2) is 6.84. The van der Waals surface area contributed by atoms with Crippen LogP contribution in [0, 0.1) is 5.92 Å². The van der Waals surface area contributed by atoms with Crippen LogP contribution in [-0.4, -0.2) is 17.7 Å². The van der Waals surface area contributed by atoms with Gasteiger partial charge in [0.15, 0.2) is 0 Å². The lowest BCUT2D eigenvalue weighted by Crippen LogP contribution is -2.22. The Morgan fingerprint density at radius 2 is 1.75 bits per heavy atom. The number of amides is 3. The summed E-state index contributed by atoms with van der Waals surface area (Å²) in [6.45, 7) is 0. The van der Waals surface area contributed by atoms with E-state index in [-0.39, 0.29) is 30.1 Å². The number of imide groups is 1. The van der Waals surface area contributed by atoms with Gasteiger partial charge in [-0.1, -0.05) is 23.7 Å². The Kier molecular flexibility index (Phi) is 4.62. The molecular weight excluding hydrogens is 328 g/mol. The number of hydrogen-bond donors (Lipinski definition) is 2. The third-order valence-electron chi connectivity index (χ3n) is 3.87. The summed E-state index contributed by atoms with van der Waals surface area (Å²) < 4.78 is 0. The molecule has 0 spiro atoms. The van der Waals surface area contributed by atoms with E-state index in [4.69, 9.17) is 11.6 Å². The largest absolute Gasteiger partial charge is 0.322 e. The fourth-order valence-electron chi connectivity index (χ4n) is 2.59. The first-order valence-electron chi connectivity index (χ1n) is 7.51. The van der Waals surface area contributed by atoms with Gasteiger partial charge in [-0.05, 0) is 48.4 Å². The maximum Gasteiger partial charge on any atom is 0.255 e. The summed E-state index contributed by atoms with van der Waals surface area (Å²) >= 11 is 5.80. The second-order valence-corrected chi connectivity index (χ2v) is 6.11. The predicted octanol–water partition coefficient (Wildman–Crippen LogP) is 2.80. The summed E-state index contributed by atoms with van der Waals surface area (Å²) in [6, 6.07) is 13.9. The Balaban J connectivity index is 1.62. The summed E-state index contributed by atoms with van der Waals surface area (Å²) in [6.07, 6.45) is 0.733. The monoisotopic (exact) mass is 342 g/mol. The number of carbonyl (C=O) groups is 3. The molecule has 1 atom stereocenters. The number of hydrogen-bond acceptors (Lipinski definition) is 3. The van der Waals surface area contributed by atoms with Gasteiger partial charge in [0.25, 0.3) is 5.91 Å². The minimum atomic E-state index is -0.313. The first-order valence-corrected chi connectivity index (χ1v) is 7.88. The molecule has 0 aromatic heterocycles. The normalized spacial score (nSPS) is 16.8. The van der Waals surface area contributed by atoms with E-state index in [1.54, 1.807) is 36.4 Å². The number of rotatable bonds is 4. The highest BCUT2D eigenvalue weighted by Gasteiger charge is 2.30. The zero-order valence-corrected chi connectivity index (χ0v) is 13.5. The van der Waals surface area contributed by atoms with Gasteiger partial charge in [0.1, 0.15) is 0 Å². The number of halogens is 1. The topological polar surface area (TPSA) is 75.3 Å². The molecular formula is C18H15ClN2O3. The SMILES string of the molecule is O=C1C[C@@H](Cc2ccc(NC(=O)c3ccc(Cl)cc3)cc2)C(=O)N1. The van der Waals surface area contributed by atoms with E-state index in [9.17, 15) is 14.4 Å². The van der Waals surface area contributed by atoms with E-state index in [2.05, 4.69) is 10.6 Å². The molecule has 1 aliphatic heterocycles. The predicted molar refractivity (Wildman–Crippen MR) is 90.8 cm³/mol. The molecule has 2 aromatic carbocycles. The average molecular weight is 343 g/mol. The van der Waals surface area contributed by atoms with Gasteiger partial charge in [0.05, 0.1) is 5.92 Å². The fraction of sp³-hybridized carbons (Fsp3) is 0.167. The van der Waals surface area contributed by atoms with Crippen LogP contribution >= 0.6 is 11.6 Å². The molecule has 5 nitrogen and oxygen atoms in total. The Morgan fingerprint density at radius 1 is 1.08 bits per heavy atom. The Bertz CT molecular complexity index is 785. The van der Waals surface area contributed by atoms with Gasteiger partial charge >= 0.3 is 0 Å². The zero-order chi connectivity index (χ0) is 17.1. The molecule has 1 heterocycles. The van der Waals surface area contributed by atoms with Crippen molar-refractivity contribution < 1.29 is 14.4 Å². The third kappa shape index (κ3) is 3.81. The highest BCUT2D eigenvalue weighted by molar-refractivity contribution is 6.30. The van der Waals surface area contributed by atoms with Crippen molar-refractivity contribution in [3.05, 3.63) is 64.7 Å². The minimum Gasteiger partial charge on any atom is -0.322 e. The van der Waals surface area contributed by atoms with Crippen molar-refractivity contribution in [2.75, 3.05) is 5.32 Å². The van der Waals surface area contributed by atoms with Crippen LogP contribution in [0.15, 0.2) is 48.5 Å². The number of carbonyl (C=O) groups excluding carboxylic acids is 3. The third-order valence-corrected chi connectivity index (χ3v) is 4.12. The summed E-state index contributed by atoms with van der Waals surface area (Å²) in [5.41, 5.74) is 2.12. The van der Waals surface area contributed by atoms with Crippen molar-refractivity contribution in [3.63, 3.8) is 0 Å². The zero-order valence-electron chi connectivity index (χ0n) is 12.7. The average Bonchev–Trinajstić information content (AvgIpc) is 2.87. The molecule has 3 rings (SSSR count). The van der Waals surface area contributed by atoms with Crippen LogP contribution < -0.4 is 10.6 Å². The van der Waals surface area contributed by atoms with Crippen LogP contribution in [0.5, 0.6) is 0 Å². The summed E-state index contributed by atoms with van der Waals surface area (Å²) in [5.74, 6) is -0.982. The Morgan fingerprint density at radius 3 is 2.33 bits per heavy atom. The van der Waals surface area contributed by atoms with E-state index in [1.807, 2.05) is 12.1 Å². The quantitative estimate of drug-likeness (QED) is 0.839. The first kappa shape index (κ1) is 16.2. The smallest absolute Gasteiger partial charge is 0.255 e. The van der Waals surface area contributed by atoms with Crippen molar-refractivity contribution in [2.45, 2.75) is 12.8 Å². The first-order chi connectivity index (χ1) is 11.5. The molecule has 1 aliphatic rings. The molecule has 0 saturated carbocycles. The van der Waals surface area contributed by atoms with Gasteiger partial charge in [-0.3, -0.25) is 19.7 Å². The molecule has 3 amide bonds. The van der Waals surface area contributed by atoms with Gasteiger partial charge in [0, 0.05) is 22.7 Å². The van der Waals surface area contributed by atoms with Crippen LogP contribution in [-0.2, 0) is 16.0 Å². The van der Waals surface area contributed by atoms with E-state index < -0.39 is 0 Å². The van der Waals surface area contributed by atoms with Crippen molar-refractivity contribution in [1.82, 2.24) is 5.32 Å². The van der Waals surface area contributed by atoms with Gasteiger partial charge < -0.3 is 5.32 Å². The maximum atomic E-state index is 12.1. The standard InChI is InChI=1S/C18H15ClN2O3/c19-14-5-3-12(4-6-14)17(23)20-15-7-1-11(2-8-15)9-13-10-16(22)21-18(13)24/h1-8,13H,9-10H2,(H,20,23)(H,21,22,24)/t13-/m1/s1. The summed E-state index contributed by atoms with van der Waals surface area (Å²) in [7, 11) is 0. The second-order valence-electron chi connectivity index (χ2n) is 5.68. The van der Waals surface area contributed by atoms with Crippen molar-refractivity contribution in [3.8, 4) is 0 Å². The van der Waals surface area contributed by atoms with Gasteiger partial charge in [0.2, 0.25) is 11.8 Å². The van der Waals surface area contributed by atoms with Gasteiger partial charge in [-0.25, -0.2) is 0 Å². The molecule has 2 aromatic rings. The number of nitrogens with one attached hydrogen (secondary N) is 2. The highest BCUT2D eigenvalue weighted by Crippen LogP contribution is 2.19. The highest BCUT2D eigenvalue weighted by atomic mass is 35.5. The van der Waals surface area contributed by atoms with Crippen LogP contribution in [0.4, 0.5) is 5.69 Å². The van der Waals surface area contributed by atoms with Crippen molar-refractivity contribution in [1.29, 1.82) is 0 Å². The van der Waals surface area contributed by atoms with E-state index in [0.29, 0.717) is 22.7 Å². The van der Waals surface area contributed by atoms with E-state index in [1.165, 1.54) is 0 Å². The lowest BCUT2D eigenvalue weighted by molar-refractivity contribution is -0.125. The lowest BCUT2D eigenvalue weighted by atomic mass is 9.98. The molecule has 0 bridgehead atoms. The van der Waals surface area contributed by atoms with E-state index >= 15 is 0 Å². The maximum absolute atomic E-state index is 12.1. The lowest BCUT2D eigenvalue weighted by Gasteiger charge is -2.09. The summed E-state index contributed by atoms with van der Waals surface area (Å²) in [5, 5.41) is 5.68. The van der Waals surface area contributed by atoms with Crippen LogP contribution in [0.2, 0.25) is 5.02 Å². The Hall–Kier alpha value is -2.66. The molecule has 0 aliphatic carbocycles. The molecule has 6 heteroatoms. The molecule has 24 heavy (non-hydrogen) atoms. The number of benzene rings is 2. The van der Waals surface area contributed by atoms with Crippen molar-refractivity contribution in [2.24, 2.45) is 5.92 Å². The van der Waals surface area contributed by atoms with Gasteiger partial charge in [-0.15, -0.1) is 0 Å².